The second-order valence-electron chi connectivity index (χ2n) is 3.46. The lowest BCUT2D eigenvalue weighted by molar-refractivity contribution is -0.0447. The summed E-state index contributed by atoms with van der Waals surface area (Å²) < 4.78 is 6.92. The molecule has 0 unspecified atom stereocenters. The van der Waals surface area contributed by atoms with Gasteiger partial charge < -0.3 is 19.5 Å². The van der Waals surface area contributed by atoms with Crippen molar-refractivity contribution in [3.05, 3.63) is 18.2 Å². The second kappa shape index (κ2) is 4.09. The van der Waals surface area contributed by atoms with Gasteiger partial charge in [0.05, 0.1) is 25.2 Å². The van der Waals surface area contributed by atoms with Gasteiger partial charge in [-0.2, -0.15) is 0 Å². The van der Waals surface area contributed by atoms with Crippen LogP contribution in [0.4, 0.5) is 0 Å². The molecule has 1 saturated heterocycles. The van der Waals surface area contributed by atoms with Crippen LogP contribution in [0.1, 0.15) is 23.1 Å². The Balaban J connectivity index is 2.16. The number of hydrogen-bond acceptors (Lipinski definition) is 5. The molecule has 0 bridgehead atoms. The van der Waals surface area contributed by atoms with Gasteiger partial charge in [0.15, 0.2) is 6.29 Å². The van der Waals surface area contributed by atoms with Crippen LogP contribution in [0.5, 0.6) is 0 Å². The summed E-state index contributed by atoms with van der Waals surface area (Å²) in [6.45, 7) is -0.233. The molecule has 3 atom stereocenters. The zero-order chi connectivity index (χ0) is 10.8. The molecular formula is C9H12N2O4. The molecule has 1 aliphatic heterocycles. The number of carbonyl (C=O) groups is 1. The van der Waals surface area contributed by atoms with Crippen LogP contribution in [0.3, 0.4) is 0 Å². The number of hydrogen-bond donors (Lipinski definition) is 2. The van der Waals surface area contributed by atoms with Crippen molar-refractivity contribution in [2.75, 3.05) is 6.61 Å². The van der Waals surface area contributed by atoms with E-state index in [1.807, 2.05) is 0 Å². The van der Waals surface area contributed by atoms with Crippen LogP contribution in [0, 0.1) is 0 Å². The lowest BCUT2D eigenvalue weighted by Crippen LogP contribution is -2.24. The van der Waals surface area contributed by atoms with Crippen LogP contribution in [0.15, 0.2) is 12.5 Å². The summed E-state index contributed by atoms with van der Waals surface area (Å²) >= 11 is 0. The molecule has 0 aliphatic carbocycles. The van der Waals surface area contributed by atoms with E-state index in [2.05, 4.69) is 4.98 Å². The summed E-state index contributed by atoms with van der Waals surface area (Å²) in [4.78, 5) is 14.5. The van der Waals surface area contributed by atoms with Gasteiger partial charge in [-0.1, -0.05) is 0 Å². The molecule has 1 fully saturated rings. The monoisotopic (exact) mass is 212 g/mol. The zero-order valence-corrected chi connectivity index (χ0v) is 7.98. The number of nitrogens with zero attached hydrogens (tertiary/aromatic N) is 2. The first kappa shape index (κ1) is 10.3. The van der Waals surface area contributed by atoms with E-state index in [1.54, 1.807) is 4.57 Å². The van der Waals surface area contributed by atoms with E-state index in [-0.39, 0.29) is 6.61 Å². The van der Waals surface area contributed by atoms with E-state index in [1.165, 1.54) is 12.5 Å². The van der Waals surface area contributed by atoms with Gasteiger partial charge in [-0.3, -0.25) is 4.79 Å². The van der Waals surface area contributed by atoms with Gasteiger partial charge in [0, 0.05) is 6.42 Å². The fourth-order valence-corrected chi connectivity index (χ4v) is 1.70. The number of aliphatic hydroxyl groups excluding tert-OH is 2. The fraction of sp³-hybridized carbons (Fsp3) is 0.556. The molecule has 15 heavy (non-hydrogen) atoms. The van der Waals surface area contributed by atoms with E-state index >= 15 is 0 Å². The molecule has 2 N–H and O–H groups in total. The van der Waals surface area contributed by atoms with E-state index in [4.69, 9.17) is 9.84 Å². The number of rotatable bonds is 3. The lowest BCUT2D eigenvalue weighted by Gasteiger charge is -2.13. The summed E-state index contributed by atoms with van der Waals surface area (Å²) in [6, 6.07) is 0. The first-order valence-electron chi connectivity index (χ1n) is 4.67. The molecule has 2 heterocycles. The normalized spacial score (nSPS) is 30.7. The summed E-state index contributed by atoms with van der Waals surface area (Å²) in [7, 11) is 0. The summed E-state index contributed by atoms with van der Waals surface area (Å²) in [6.07, 6.45) is 2.20. The van der Waals surface area contributed by atoms with Crippen LogP contribution in [0.2, 0.25) is 0 Å². The maximum atomic E-state index is 10.6. The summed E-state index contributed by atoms with van der Waals surface area (Å²) in [5, 5.41) is 18.4. The van der Waals surface area contributed by atoms with Crippen molar-refractivity contribution in [3.8, 4) is 0 Å². The second-order valence-corrected chi connectivity index (χ2v) is 3.46. The van der Waals surface area contributed by atoms with Crippen molar-refractivity contribution in [2.24, 2.45) is 0 Å². The third kappa shape index (κ3) is 1.79. The Kier molecular flexibility index (Phi) is 2.81. The highest BCUT2D eigenvalue weighted by atomic mass is 16.5. The number of aliphatic hydroxyl groups is 2. The van der Waals surface area contributed by atoms with Crippen molar-refractivity contribution in [1.82, 2.24) is 9.55 Å². The average molecular weight is 212 g/mol. The molecule has 0 spiro atoms. The van der Waals surface area contributed by atoms with Gasteiger partial charge in [0.2, 0.25) is 0 Å². The number of aldehydes is 1. The Morgan fingerprint density at radius 2 is 2.53 bits per heavy atom. The highest BCUT2D eigenvalue weighted by molar-refractivity contribution is 5.71. The summed E-state index contributed by atoms with van der Waals surface area (Å²) in [5.74, 6) is 0. The van der Waals surface area contributed by atoms with Crippen molar-refractivity contribution in [3.63, 3.8) is 0 Å². The first-order valence-corrected chi connectivity index (χ1v) is 4.67. The molecule has 1 aliphatic rings. The molecule has 0 radical (unpaired) electrons. The largest absolute Gasteiger partial charge is 0.394 e. The van der Waals surface area contributed by atoms with Gasteiger partial charge in [0.25, 0.3) is 0 Å². The number of ether oxygens (including phenoxy) is 1. The fourth-order valence-electron chi connectivity index (χ4n) is 1.70. The minimum Gasteiger partial charge on any atom is -0.394 e. The third-order valence-corrected chi connectivity index (χ3v) is 2.51. The summed E-state index contributed by atoms with van der Waals surface area (Å²) in [5.41, 5.74) is 0.394. The van der Waals surface area contributed by atoms with Gasteiger partial charge >= 0.3 is 0 Å². The average Bonchev–Trinajstić information content (AvgIpc) is 2.82. The maximum absolute atomic E-state index is 10.6. The van der Waals surface area contributed by atoms with E-state index in [9.17, 15) is 9.90 Å². The molecule has 0 aromatic carbocycles. The van der Waals surface area contributed by atoms with Crippen LogP contribution in [-0.4, -0.2) is 44.9 Å². The van der Waals surface area contributed by atoms with Gasteiger partial charge in [-0.25, -0.2) is 4.98 Å². The van der Waals surface area contributed by atoms with Crippen molar-refractivity contribution < 1.29 is 19.7 Å². The third-order valence-electron chi connectivity index (χ3n) is 2.51. The Labute approximate surface area is 86.1 Å². The van der Waals surface area contributed by atoms with Crippen molar-refractivity contribution in [2.45, 2.75) is 24.9 Å². The van der Waals surface area contributed by atoms with Gasteiger partial charge in [-0.05, 0) is 0 Å². The maximum Gasteiger partial charge on any atom is 0.168 e. The highest BCUT2D eigenvalue weighted by Gasteiger charge is 2.34. The Morgan fingerprint density at radius 1 is 1.73 bits per heavy atom. The molecule has 0 saturated carbocycles. The Bertz CT molecular complexity index is 352. The molecule has 1 aromatic rings. The number of carbonyl (C=O) groups excluding carboxylic acids is 1. The van der Waals surface area contributed by atoms with Crippen molar-refractivity contribution >= 4 is 6.29 Å². The van der Waals surface area contributed by atoms with Gasteiger partial charge in [-0.15, -0.1) is 0 Å². The number of aromatic nitrogens is 2. The van der Waals surface area contributed by atoms with E-state index in [0.717, 1.165) is 0 Å². The van der Waals surface area contributed by atoms with Gasteiger partial charge in [0.1, 0.15) is 18.0 Å². The van der Waals surface area contributed by atoms with Crippen LogP contribution < -0.4 is 0 Å². The smallest absolute Gasteiger partial charge is 0.168 e. The number of imidazole rings is 1. The first-order chi connectivity index (χ1) is 7.26. The standard InChI is InChI=1S/C9H12N2O4/c12-3-6-2-10-5-11(6)9-1-7(14)8(4-13)15-9/h2-3,5,7-9,13-14H,1,4H2/t7-,8+,9+/m0/s1. The lowest BCUT2D eigenvalue weighted by atomic mass is 10.2. The highest BCUT2D eigenvalue weighted by Crippen LogP contribution is 2.28. The predicted octanol–water partition coefficient (Wildman–Crippen LogP) is -0.664. The Hall–Kier alpha value is -1.24. The minimum absolute atomic E-state index is 0.233. The molecule has 82 valence electrons. The quantitative estimate of drug-likeness (QED) is 0.649. The molecule has 6 heteroatoms. The Morgan fingerprint density at radius 3 is 3.13 bits per heavy atom. The topological polar surface area (TPSA) is 84.6 Å². The SMILES string of the molecule is O=Cc1cncn1[C@H]1C[C@H](O)[C@@H](CO)O1. The molecule has 0 amide bonds. The minimum atomic E-state index is -0.707. The van der Waals surface area contributed by atoms with E-state index in [0.29, 0.717) is 18.4 Å². The molecular weight excluding hydrogens is 200 g/mol. The molecule has 1 aromatic heterocycles. The van der Waals surface area contributed by atoms with Crippen LogP contribution in [-0.2, 0) is 4.74 Å². The molecule has 6 nitrogen and oxygen atoms in total. The van der Waals surface area contributed by atoms with E-state index < -0.39 is 18.4 Å². The zero-order valence-electron chi connectivity index (χ0n) is 7.98. The van der Waals surface area contributed by atoms with Crippen LogP contribution in [0.25, 0.3) is 0 Å². The van der Waals surface area contributed by atoms with Crippen molar-refractivity contribution in [1.29, 1.82) is 0 Å². The predicted molar refractivity (Wildman–Crippen MR) is 49.2 cm³/mol. The molecule has 2 rings (SSSR count). The van der Waals surface area contributed by atoms with Crippen LogP contribution >= 0.6 is 0 Å².